The first-order valence-corrected chi connectivity index (χ1v) is 13.1. The average Bonchev–Trinajstić information content (AvgIpc) is 3.00. The van der Waals surface area contributed by atoms with Crippen LogP contribution in [-0.2, 0) is 29.3 Å². The third-order valence-corrected chi connectivity index (χ3v) is 6.07. The van der Waals surface area contributed by atoms with E-state index in [1.165, 1.54) is 0 Å². The summed E-state index contributed by atoms with van der Waals surface area (Å²) in [5.74, 6) is 1.57. The molecular weight excluding hydrogens is 496 g/mol. The van der Waals surface area contributed by atoms with Crippen molar-refractivity contribution in [1.82, 2.24) is 0 Å². The second-order valence-corrected chi connectivity index (χ2v) is 8.55. The molecule has 0 aliphatic carbocycles. The predicted molar refractivity (Wildman–Crippen MR) is 152 cm³/mol. The maximum atomic E-state index is 6.75. The van der Waals surface area contributed by atoms with Gasteiger partial charge in [-0.2, -0.15) is 0 Å². The fourth-order valence-electron chi connectivity index (χ4n) is 4.15. The summed E-state index contributed by atoms with van der Waals surface area (Å²) in [6, 6.07) is 26.2. The summed E-state index contributed by atoms with van der Waals surface area (Å²) in [4.78, 5) is 0. The number of methoxy groups -OCH3 is 2. The molecule has 0 aromatic heterocycles. The molecule has 0 atom stereocenters. The van der Waals surface area contributed by atoms with Gasteiger partial charge in [-0.15, -0.1) is 6.58 Å². The summed E-state index contributed by atoms with van der Waals surface area (Å²) >= 11 is 0. The first-order chi connectivity index (χ1) is 19.2. The monoisotopic (exact) mass is 536 g/mol. The van der Waals surface area contributed by atoms with Gasteiger partial charge in [0.15, 0.2) is 0 Å². The van der Waals surface area contributed by atoms with Crippen LogP contribution in [0.25, 0.3) is 0 Å². The Morgan fingerprint density at radius 2 is 0.949 bits per heavy atom. The number of hydrogen-bond acceptors (Lipinski definition) is 7. The SMILES string of the molecule is C=CCOCCOCCOCCOCCOC(c1ccccc1)(c1ccc(OC)cc1)c1ccc(OC)cc1. The Balaban J connectivity index is 1.61. The molecule has 0 fully saturated rings. The van der Waals surface area contributed by atoms with Gasteiger partial charge in [0.2, 0.25) is 0 Å². The Bertz CT molecular complexity index is 1000. The molecule has 0 saturated carbocycles. The number of rotatable bonds is 20. The topological polar surface area (TPSA) is 64.6 Å². The summed E-state index contributed by atoms with van der Waals surface area (Å²) in [5, 5.41) is 0. The van der Waals surface area contributed by atoms with Crippen molar-refractivity contribution in [3.8, 4) is 11.5 Å². The summed E-state index contributed by atoms with van der Waals surface area (Å²) < 4.78 is 39.7. The summed E-state index contributed by atoms with van der Waals surface area (Å²) in [5.41, 5.74) is 2.13. The molecule has 0 amide bonds. The standard InChI is InChI=1S/C32H40O7/c1-4-18-35-19-20-36-21-22-37-23-24-38-25-26-39-32(27-8-6-5-7-9-27,28-10-14-30(33-2)15-11-28)29-12-16-31(34-3)17-13-29/h4-17H,1,18-26H2,2-3H3. The first-order valence-electron chi connectivity index (χ1n) is 13.1. The third kappa shape index (κ3) is 9.20. The Hall–Kier alpha value is -3.20. The van der Waals surface area contributed by atoms with Crippen LogP contribution in [0.15, 0.2) is 91.5 Å². The minimum Gasteiger partial charge on any atom is -0.497 e. The molecule has 0 unspecified atom stereocenters. The fourth-order valence-corrected chi connectivity index (χ4v) is 4.15. The zero-order valence-electron chi connectivity index (χ0n) is 23.0. The maximum absolute atomic E-state index is 6.75. The van der Waals surface area contributed by atoms with Crippen LogP contribution in [0.1, 0.15) is 16.7 Å². The zero-order valence-corrected chi connectivity index (χ0v) is 23.0. The van der Waals surface area contributed by atoms with Crippen LogP contribution in [-0.4, -0.2) is 73.7 Å². The van der Waals surface area contributed by atoms with E-state index in [0.29, 0.717) is 59.5 Å². The maximum Gasteiger partial charge on any atom is 0.143 e. The molecule has 3 rings (SSSR count). The van der Waals surface area contributed by atoms with Gasteiger partial charge in [-0.05, 0) is 41.0 Å². The van der Waals surface area contributed by atoms with Crippen molar-refractivity contribution < 1.29 is 33.2 Å². The van der Waals surface area contributed by atoms with Gasteiger partial charge in [-0.1, -0.05) is 60.7 Å². The van der Waals surface area contributed by atoms with E-state index < -0.39 is 5.60 Å². The van der Waals surface area contributed by atoms with E-state index >= 15 is 0 Å². The minimum absolute atomic E-state index is 0.376. The summed E-state index contributed by atoms with van der Waals surface area (Å²) in [6.45, 7) is 8.00. The van der Waals surface area contributed by atoms with Crippen LogP contribution in [0.5, 0.6) is 11.5 Å². The molecule has 3 aromatic rings. The van der Waals surface area contributed by atoms with Crippen molar-refractivity contribution in [2.24, 2.45) is 0 Å². The van der Waals surface area contributed by atoms with Gasteiger partial charge >= 0.3 is 0 Å². The lowest BCUT2D eigenvalue weighted by Crippen LogP contribution is -2.34. The second-order valence-electron chi connectivity index (χ2n) is 8.55. The van der Waals surface area contributed by atoms with Crippen LogP contribution in [0, 0.1) is 0 Å². The highest BCUT2D eigenvalue weighted by atomic mass is 16.6. The number of benzene rings is 3. The minimum atomic E-state index is -0.855. The molecule has 0 aliphatic heterocycles. The highest BCUT2D eigenvalue weighted by Crippen LogP contribution is 2.41. The van der Waals surface area contributed by atoms with Gasteiger partial charge in [0.25, 0.3) is 0 Å². The van der Waals surface area contributed by atoms with Crippen molar-refractivity contribution in [1.29, 1.82) is 0 Å². The normalized spacial score (nSPS) is 11.3. The molecule has 7 nitrogen and oxygen atoms in total. The van der Waals surface area contributed by atoms with E-state index in [0.717, 1.165) is 28.2 Å². The Morgan fingerprint density at radius 3 is 1.38 bits per heavy atom. The van der Waals surface area contributed by atoms with E-state index in [9.17, 15) is 0 Å². The van der Waals surface area contributed by atoms with E-state index in [1.807, 2.05) is 66.7 Å². The van der Waals surface area contributed by atoms with Gasteiger partial charge < -0.3 is 33.2 Å². The van der Waals surface area contributed by atoms with Crippen LogP contribution in [0.3, 0.4) is 0 Å². The Labute approximate surface area is 232 Å². The molecule has 210 valence electrons. The lowest BCUT2D eigenvalue weighted by Gasteiger charge is -2.36. The number of ether oxygens (including phenoxy) is 7. The van der Waals surface area contributed by atoms with Gasteiger partial charge in [-0.25, -0.2) is 0 Å². The largest absolute Gasteiger partial charge is 0.497 e. The first kappa shape index (κ1) is 30.3. The Morgan fingerprint density at radius 1 is 0.538 bits per heavy atom. The molecule has 0 saturated heterocycles. The molecule has 7 heteroatoms. The molecule has 0 heterocycles. The van der Waals surface area contributed by atoms with Gasteiger partial charge in [-0.3, -0.25) is 0 Å². The smallest absolute Gasteiger partial charge is 0.143 e. The molecule has 0 aliphatic rings. The van der Waals surface area contributed by atoms with E-state index in [4.69, 9.17) is 33.2 Å². The molecule has 0 spiro atoms. The quantitative estimate of drug-likeness (QED) is 0.111. The van der Waals surface area contributed by atoms with Crippen molar-refractivity contribution in [3.63, 3.8) is 0 Å². The van der Waals surface area contributed by atoms with Crippen molar-refractivity contribution in [2.45, 2.75) is 5.60 Å². The van der Waals surface area contributed by atoms with E-state index in [-0.39, 0.29) is 0 Å². The molecule has 0 N–H and O–H groups in total. The Kier molecular flexibility index (Phi) is 13.5. The second kappa shape index (κ2) is 17.4. The average molecular weight is 537 g/mol. The lowest BCUT2D eigenvalue weighted by atomic mass is 9.80. The highest BCUT2D eigenvalue weighted by molar-refractivity contribution is 5.49. The molecular formula is C32H40O7. The van der Waals surface area contributed by atoms with E-state index in [2.05, 4.69) is 18.7 Å². The lowest BCUT2D eigenvalue weighted by molar-refractivity contribution is -0.0381. The fraction of sp³-hybridized carbons (Fsp3) is 0.375. The highest BCUT2D eigenvalue weighted by Gasteiger charge is 2.37. The molecule has 0 radical (unpaired) electrons. The predicted octanol–water partition coefficient (Wildman–Crippen LogP) is 5.26. The number of hydrogen-bond donors (Lipinski definition) is 0. The van der Waals surface area contributed by atoms with E-state index in [1.54, 1.807) is 20.3 Å². The van der Waals surface area contributed by atoms with Crippen LogP contribution >= 0.6 is 0 Å². The molecule has 0 bridgehead atoms. The summed E-state index contributed by atoms with van der Waals surface area (Å²) in [6.07, 6.45) is 1.72. The van der Waals surface area contributed by atoms with Gasteiger partial charge in [0.1, 0.15) is 17.1 Å². The van der Waals surface area contributed by atoms with Crippen LogP contribution in [0.4, 0.5) is 0 Å². The van der Waals surface area contributed by atoms with Crippen molar-refractivity contribution >= 4 is 0 Å². The van der Waals surface area contributed by atoms with Crippen molar-refractivity contribution in [3.05, 3.63) is 108 Å². The summed E-state index contributed by atoms with van der Waals surface area (Å²) in [7, 11) is 3.32. The van der Waals surface area contributed by atoms with Crippen molar-refractivity contribution in [2.75, 3.05) is 73.7 Å². The molecule has 39 heavy (non-hydrogen) atoms. The third-order valence-electron chi connectivity index (χ3n) is 6.07. The van der Waals surface area contributed by atoms with Crippen LogP contribution < -0.4 is 9.47 Å². The zero-order chi connectivity index (χ0) is 27.6. The van der Waals surface area contributed by atoms with Crippen LogP contribution in [0.2, 0.25) is 0 Å². The van der Waals surface area contributed by atoms with Gasteiger partial charge in [0.05, 0.1) is 73.7 Å². The van der Waals surface area contributed by atoms with Gasteiger partial charge in [0, 0.05) is 0 Å². The molecule has 3 aromatic carbocycles.